The molecule has 0 bridgehead atoms. The van der Waals surface area contributed by atoms with Crippen molar-refractivity contribution in [3.63, 3.8) is 0 Å². The van der Waals surface area contributed by atoms with Gasteiger partial charge in [-0.15, -0.1) is 0 Å². The number of carbonyl (C=O) groups is 1. The van der Waals surface area contributed by atoms with Gasteiger partial charge < -0.3 is 9.88 Å². The molecule has 0 aliphatic carbocycles. The molecule has 1 amide bonds. The smallest absolute Gasteiger partial charge is 0.253 e. The van der Waals surface area contributed by atoms with E-state index in [4.69, 9.17) is 0 Å². The Bertz CT molecular complexity index is 1100. The van der Waals surface area contributed by atoms with Crippen LogP contribution in [0.3, 0.4) is 0 Å². The molecule has 3 rings (SSSR count). The van der Waals surface area contributed by atoms with Gasteiger partial charge in [0.1, 0.15) is 0 Å². The van der Waals surface area contributed by atoms with Crippen molar-refractivity contribution >= 4 is 22.5 Å². The number of nitrogens with one attached hydrogen (secondary N) is 1. The van der Waals surface area contributed by atoms with Crippen molar-refractivity contribution in [3.05, 3.63) is 75.1 Å². The summed E-state index contributed by atoms with van der Waals surface area (Å²) in [6.07, 6.45) is 0. The number of aryl methyl sites for hydroxylation is 2. The number of H-pyrrole nitrogens is 1. The summed E-state index contributed by atoms with van der Waals surface area (Å²) in [5.41, 5.74) is 4.79. The van der Waals surface area contributed by atoms with Gasteiger partial charge in [0.05, 0.1) is 6.54 Å². The Kier molecular flexibility index (Phi) is 5.16. The monoisotopic (exact) mass is 376 g/mol. The number of hydrogen-bond donors (Lipinski definition) is 1. The predicted octanol–water partition coefficient (Wildman–Crippen LogP) is 5.03. The van der Waals surface area contributed by atoms with Crippen LogP contribution in [-0.2, 0) is 11.3 Å². The molecule has 0 saturated heterocycles. The first kappa shape index (κ1) is 19.9. The van der Waals surface area contributed by atoms with Crippen LogP contribution in [-0.4, -0.2) is 10.9 Å². The van der Waals surface area contributed by atoms with Gasteiger partial charge in [-0.05, 0) is 61.0 Å². The maximum absolute atomic E-state index is 13.3. The molecule has 28 heavy (non-hydrogen) atoms. The fraction of sp³-hybridized carbons (Fsp3) is 0.333. The number of amides is 1. The molecule has 4 heteroatoms. The molecular formula is C24H28N2O2. The normalized spacial score (nSPS) is 11.6. The molecule has 0 atom stereocenters. The number of fused-ring (bicyclic) bond motifs is 1. The molecule has 0 saturated carbocycles. The second-order valence-corrected chi connectivity index (χ2v) is 8.57. The maximum atomic E-state index is 13.3. The van der Waals surface area contributed by atoms with Gasteiger partial charge >= 0.3 is 0 Å². The fourth-order valence-corrected chi connectivity index (χ4v) is 3.35. The van der Waals surface area contributed by atoms with E-state index in [0.717, 1.165) is 33.3 Å². The number of rotatable bonds is 3. The Morgan fingerprint density at radius 1 is 1.04 bits per heavy atom. The van der Waals surface area contributed by atoms with Crippen molar-refractivity contribution in [3.8, 4) is 0 Å². The maximum Gasteiger partial charge on any atom is 0.253 e. The molecule has 0 unspecified atom stereocenters. The van der Waals surface area contributed by atoms with E-state index in [9.17, 15) is 9.59 Å². The van der Waals surface area contributed by atoms with Crippen molar-refractivity contribution in [1.82, 2.24) is 4.98 Å². The molecule has 0 aliphatic heterocycles. The van der Waals surface area contributed by atoms with Gasteiger partial charge in [0, 0.05) is 22.2 Å². The van der Waals surface area contributed by atoms with Crippen LogP contribution in [0.5, 0.6) is 0 Å². The Morgan fingerprint density at radius 2 is 1.75 bits per heavy atom. The number of nitrogens with zero attached hydrogens (tertiary/aromatic N) is 1. The summed E-state index contributed by atoms with van der Waals surface area (Å²) in [6.45, 7) is 12.0. The van der Waals surface area contributed by atoms with E-state index in [-0.39, 0.29) is 18.0 Å². The summed E-state index contributed by atoms with van der Waals surface area (Å²) in [6, 6.07) is 13.8. The van der Waals surface area contributed by atoms with Gasteiger partial charge in [0.15, 0.2) is 0 Å². The average molecular weight is 377 g/mol. The van der Waals surface area contributed by atoms with E-state index in [1.807, 2.05) is 84.0 Å². The van der Waals surface area contributed by atoms with Gasteiger partial charge in [-0.25, -0.2) is 0 Å². The highest BCUT2D eigenvalue weighted by molar-refractivity contribution is 5.97. The van der Waals surface area contributed by atoms with Gasteiger partial charge in [0.2, 0.25) is 5.91 Å². The van der Waals surface area contributed by atoms with Crippen LogP contribution >= 0.6 is 0 Å². The fourth-order valence-electron chi connectivity index (χ4n) is 3.35. The lowest BCUT2D eigenvalue weighted by Gasteiger charge is -2.31. The topological polar surface area (TPSA) is 53.2 Å². The number of aromatic amines is 1. The minimum atomic E-state index is -0.559. The van der Waals surface area contributed by atoms with E-state index < -0.39 is 5.41 Å². The minimum Gasteiger partial charge on any atom is -0.322 e. The van der Waals surface area contributed by atoms with E-state index in [1.54, 1.807) is 4.90 Å². The van der Waals surface area contributed by atoms with Crippen LogP contribution in [0.1, 0.15) is 43.0 Å². The number of hydrogen-bond acceptors (Lipinski definition) is 2. The van der Waals surface area contributed by atoms with Crippen molar-refractivity contribution in [2.45, 2.75) is 48.1 Å². The van der Waals surface area contributed by atoms with Crippen LogP contribution in [0.25, 0.3) is 10.9 Å². The second kappa shape index (κ2) is 7.27. The summed E-state index contributed by atoms with van der Waals surface area (Å²) in [5.74, 6) is -0.00963. The lowest BCUT2D eigenvalue weighted by atomic mass is 9.93. The summed E-state index contributed by atoms with van der Waals surface area (Å²) >= 11 is 0. The molecule has 0 aliphatic rings. The first-order valence-electron chi connectivity index (χ1n) is 9.58. The summed E-state index contributed by atoms with van der Waals surface area (Å²) in [5, 5.41) is 0.962. The third-order valence-corrected chi connectivity index (χ3v) is 5.16. The standard InChI is InChI=1S/C24H28N2O2/c1-15-10-11-18-13-19(22(27)25-20(18)12-15)14-26(23(28)24(4,5)6)21-9-7-8-16(2)17(21)3/h7-13H,14H2,1-6H3,(H,25,27). The molecule has 146 valence electrons. The van der Waals surface area contributed by atoms with Crippen molar-refractivity contribution < 1.29 is 4.79 Å². The molecule has 0 radical (unpaired) electrons. The lowest BCUT2D eigenvalue weighted by Crippen LogP contribution is -2.40. The molecule has 0 spiro atoms. The highest BCUT2D eigenvalue weighted by Gasteiger charge is 2.30. The zero-order valence-electron chi connectivity index (χ0n) is 17.5. The molecule has 1 N–H and O–H groups in total. The summed E-state index contributed by atoms with van der Waals surface area (Å²) in [7, 11) is 0. The van der Waals surface area contributed by atoms with Crippen molar-refractivity contribution in [2.24, 2.45) is 5.41 Å². The third kappa shape index (κ3) is 3.86. The van der Waals surface area contributed by atoms with E-state index in [0.29, 0.717) is 5.56 Å². The van der Waals surface area contributed by atoms with Crippen LogP contribution < -0.4 is 10.5 Å². The zero-order chi connectivity index (χ0) is 20.6. The molecule has 1 aromatic heterocycles. The number of aromatic nitrogens is 1. The Hall–Kier alpha value is -2.88. The van der Waals surface area contributed by atoms with Gasteiger partial charge in [-0.3, -0.25) is 9.59 Å². The molecule has 1 heterocycles. The number of carbonyl (C=O) groups excluding carboxylic acids is 1. The third-order valence-electron chi connectivity index (χ3n) is 5.16. The van der Waals surface area contributed by atoms with Gasteiger partial charge in [0.25, 0.3) is 5.56 Å². The summed E-state index contributed by atoms with van der Waals surface area (Å²) in [4.78, 5) is 30.7. The minimum absolute atomic E-state index is 0.00963. The lowest BCUT2D eigenvalue weighted by molar-refractivity contribution is -0.125. The predicted molar refractivity (Wildman–Crippen MR) is 116 cm³/mol. The average Bonchev–Trinajstić information content (AvgIpc) is 2.61. The largest absolute Gasteiger partial charge is 0.322 e. The molecular weight excluding hydrogens is 348 g/mol. The van der Waals surface area contributed by atoms with Gasteiger partial charge in [-0.2, -0.15) is 0 Å². The molecule has 2 aromatic carbocycles. The van der Waals surface area contributed by atoms with Crippen LogP contribution in [0.4, 0.5) is 5.69 Å². The van der Waals surface area contributed by atoms with E-state index >= 15 is 0 Å². The summed E-state index contributed by atoms with van der Waals surface area (Å²) < 4.78 is 0. The molecule has 3 aromatic rings. The molecule has 0 fully saturated rings. The van der Waals surface area contributed by atoms with Crippen molar-refractivity contribution in [1.29, 1.82) is 0 Å². The van der Waals surface area contributed by atoms with E-state index in [2.05, 4.69) is 4.98 Å². The Balaban J connectivity index is 2.12. The number of benzene rings is 2. The Labute approximate surface area is 166 Å². The second-order valence-electron chi connectivity index (χ2n) is 8.57. The Morgan fingerprint density at radius 3 is 2.43 bits per heavy atom. The number of pyridine rings is 1. The van der Waals surface area contributed by atoms with E-state index in [1.165, 1.54) is 0 Å². The SMILES string of the molecule is Cc1ccc2cc(CN(C(=O)C(C)(C)C)c3cccc(C)c3C)c(=O)[nH]c2c1. The first-order valence-corrected chi connectivity index (χ1v) is 9.58. The quantitative estimate of drug-likeness (QED) is 0.697. The zero-order valence-corrected chi connectivity index (χ0v) is 17.5. The van der Waals surface area contributed by atoms with Crippen LogP contribution in [0.2, 0.25) is 0 Å². The van der Waals surface area contributed by atoms with Crippen molar-refractivity contribution in [2.75, 3.05) is 4.90 Å². The van der Waals surface area contributed by atoms with Crippen LogP contribution in [0.15, 0.2) is 47.3 Å². The first-order chi connectivity index (χ1) is 13.1. The number of anilines is 1. The van der Waals surface area contributed by atoms with Crippen LogP contribution in [0, 0.1) is 26.2 Å². The van der Waals surface area contributed by atoms with Gasteiger partial charge in [-0.1, -0.05) is 45.0 Å². The molecule has 4 nitrogen and oxygen atoms in total. The highest BCUT2D eigenvalue weighted by Crippen LogP contribution is 2.29. The highest BCUT2D eigenvalue weighted by atomic mass is 16.2.